The molecule has 3 N–H and O–H groups in total. The third kappa shape index (κ3) is 2.17. The van der Waals surface area contributed by atoms with Crippen molar-refractivity contribution in [2.45, 2.75) is 12.5 Å². The van der Waals surface area contributed by atoms with Crippen LogP contribution in [0.4, 0.5) is 4.39 Å². The van der Waals surface area contributed by atoms with Crippen molar-refractivity contribution in [3.8, 4) is 11.8 Å². The van der Waals surface area contributed by atoms with E-state index in [4.69, 9.17) is 16.1 Å². The third-order valence-corrected chi connectivity index (χ3v) is 1.71. The normalized spacial score (nSPS) is 12.1. The number of rotatable bonds is 2. The van der Waals surface area contributed by atoms with Crippen molar-refractivity contribution >= 4 is 0 Å². The molecule has 0 aliphatic rings. The fourth-order valence-corrected chi connectivity index (χ4v) is 0.977. The molecule has 0 saturated heterocycles. The van der Waals surface area contributed by atoms with Gasteiger partial charge < -0.3 is 10.8 Å². The fourth-order valence-electron chi connectivity index (χ4n) is 0.977. The van der Waals surface area contributed by atoms with Gasteiger partial charge in [-0.05, 0) is 17.7 Å². The van der Waals surface area contributed by atoms with Crippen LogP contribution in [-0.2, 0) is 0 Å². The van der Waals surface area contributed by atoms with Gasteiger partial charge >= 0.3 is 0 Å². The zero-order valence-electron chi connectivity index (χ0n) is 6.87. The highest BCUT2D eigenvalue weighted by Gasteiger charge is 2.08. The average Bonchev–Trinajstić information content (AvgIpc) is 2.10. The molecular formula is C9H9FN2O. The summed E-state index contributed by atoms with van der Waals surface area (Å²) in [4.78, 5) is 0. The molecule has 4 heteroatoms. The molecule has 1 atom stereocenters. The molecule has 68 valence electrons. The summed E-state index contributed by atoms with van der Waals surface area (Å²) < 4.78 is 12.6. The van der Waals surface area contributed by atoms with Crippen molar-refractivity contribution in [3.63, 3.8) is 0 Å². The Morgan fingerprint density at radius 3 is 2.85 bits per heavy atom. The Bertz CT molecular complexity index is 346. The number of phenols is 1. The van der Waals surface area contributed by atoms with Crippen LogP contribution in [0.1, 0.15) is 18.0 Å². The van der Waals surface area contributed by atoms with Gasteiger partial charge in [0.05, 0.1) is 12.5 Å². The van der Waals surface area contributed by atoms with Gasteiger partial charge in [-0.15, -0.1) is 0 Å². The SMILES string of the molecule is N#CCC(N)c1ccc(F)c(O)c1. The molecule has 0 spiro atoms. The van der Waals surface area contributed by atoms with Gasteiger partial charge in [-0.25, -0.2) is 4.39 Å². The molecule has 0 saturated carbocycles. The Hall–Kier alpha value is -1.60. The Morgan fingerprint density at radius 2 is 2.31 bits per heavy atom. The topological polar surface area (TPSA) is 70.0 Å². The van der Waals surface area contributed by atoms with Crippen LogP contribution in [-0.4, -0.2) is 5.11 Å². The minimum absolute atomic E-state index is 0.144. The molecule has 0 fully saturated rings. The Morgan fingerprint density at radius 1 is 1.62 bits per heavy atom. The van der Waals surface area contributed by atoms with E-state index in [-0.39, 0.29) is 6.42 Å². The first kappa shape index (κ1) is 9.49. The van der Waals surface area contributed by atoms with Gasteiger partial charge in [0.15, 0.2) is 11.6 Å². The minimum atomic E-state index is -0.687. The van der Waals surface area contributed by atoms with Gasteiger partial charge in [0.25, 0.3) is 0 Å². The number of nitrogens with two attached hydrogens (primary N) is 1. The van der Waals surface area contributed by atoms with Crippen molar-refractivity contribution < 1.29 is 9.50 Å². The molecule has 0 radical (unpaired) electrons. The van der Waals surface area contributed by atoms with Crippen LogP contribution in [0.5, 0.6) is 5.75 Å². The zero-order valence-corrected chi connectivity index (χ0v) is 6.87. The molecular weight excluding hydrogens is 171 g/mol. The Kier molecular flexibility index (Phi) is 2.83. The van der Waals surface area contributed by atoms with Crippen molar-refractivity contribution in [2.75, 3.05) is 0 Å². The molecule has 1 aromatic rings. The molecule has 0 aliphatic heterocycles. The third-order valence-electron chi connectivity index (χ3n) is 1.71. The van der Waals surface area contributed by atoms with E-state index in [0.717, 1.165) is 6.07 Å². The van der Waals surface area contributed by atoms with E-state index in [9.17, 15) is 4.39 Å². The average molecular weight is 180 g/mol. The number of aromatic hydroxyl groups is 1. The maximum absolute atomic E-state index is 12.6. The first-order valence-electron chi connectivity index (χ1n) is 3.76. The van der Waals surface area contributed by atoms with Gasteiger partial charge in [-0.2, -0.15) is 5.26 Å². The van der Waals surface area contributed by atoms with Crippen LogP contribution in [0.2, 0.25) is 0 Å². The summed E-state index contributed by atoms with van der Waals surface area (Å²) in [6.07, 6.45) is 0.144. The summed E-state index contributed by atoms with van der Waals surface area (Å²) in [7, 11) is 0. The summed E-state index contributed by atoms with van der Waals surface area (Å²) in [6, 6.07) is 5.24. The molecule has 1 unspecified atom stereocenters. The van der Waals surface area contributed by atoms with Gasteiger partial charge in [0.2, 0.25) is 0 Å². The lowest BCUT2D eigenvalue weighted by Crippen LogP contribution is -2.08. The highest BCUT2D eigenvalue weighted by Crippen LogP contribution is 2.21. The van der Waals surface area contributed by atoms with Crippen LogP contribution >= 0.6 is 0 Å². The lowest BCUT2D eigenvalue weighted by Gasteiger charge is -2.07. The van der Waals surface area contributed by atoms with Crippen molar-refractivity contribution in [2.24, 2.45) is 5.73 Å². The predicted octanol–water partition coefficient (Wildman–Crippen LogP) is 1.44. The summed E-state index contributed by atoms with van der Waals surface area (Å²) in [5.74, 6) is -1.13. The highest BCUT2D eigenvalue weighted by atomic mass is 19.1. The zero-order chi connectivity index (χ0) is 9.84. The monoisotopic (exact) mass is 180 g/mol. The quantitative estimate of drug-likeness (QED) is 0.723. The second-order valence-electron chi connectivity index (χ2n) is 2.68. The van der Waals surface area contributed by atoms with E-state index in [2.05, 4.69) is 0 Å². The Balaban J connectivity index is 2.91. The first-order chi connectivity index (χ1) is 6.15. The van der Waals surface area contributed by atoms with E-state index in [1.165, 1.54) is 12.1 Å². The van der Waals surface area contributed by atoms with Crippen LogP contribution < -0.4 is 5.73 Å². The largest absolute Gasteiger partial charge is 0.505 e. The maximum atomic E-state index is 12.6. The molecule has 13 heavy (non-hydrogen) atoms. The minimum Gasteiger partial charge on any atom is -0.505 e. The molecule has 3 nitrogen and oxygen atoms in total. The molecule has 1 rings (SSSR count). The first-order valence-corrected chi connectivity index (χ1v) is 3.76. The number of benzene rings is 1. The molecule has 0 aromatic heterocycles. The number of hydrogen-bond acceptors (Lipinski definition) is 3. The molecule has 1 aromatic carbocycles. The van der Waals surface area contributed by atoms with Gasteiger partial charge in [-0.3, -0.25) is 0 Å². The van der Waals surface area contributed by atoms with Gasteiger partial charge in [0, 0.05) is 6.04 Å². The number of hydrogen-bond donors (Lipinski definition) is 2. The van der Waals surface area contributed by atoms with Crippen LogP contribution in [0.25, 0.3) is 0 Å². The summed E-state index contributed by atoms with van der Waals surface area (Å²) in [6.45, 7) is 0. The summed E-state index contributed by atoms with van der Waals surface area (Å²) in [5.41, 5.74) is 6.12. The summed E-state index contributed by atoms with van der Waals surface area (Å²) in [5, 5.41) is 17.4. The molecule has 0 bridgehead atoms. The van der Waals surface area contributed by atoms with E-state index >= 15 is 0 Å². The number of halogens is 1. The Labute approximate surface area is 75.2 Å². The fraction of sp³-hybridized carbons (Fsp3) is 0.222. The van der Waals surface area contributed by atoms with Crippen molar-refractivity contribution in [1.29, 1.82) is 5.26 Å². The molecule has 0 aliphatic carbocycles. The van der Waals surface area contributed by atoms with Crippen molar-refractivity contribution in [3.05, 3.63) is 29.6 Å². The standard InChI is InChI=1S/C9H9FN2O/c10-7-2-1-6(5-9(7)13)8(12)3-4-11/h1-2,5,8,13H,3,12H2. The van der Waals surface area contributed by atoms with Crippen molar-refractivity contribution in [1.82, 2.24) is 0 Å². The lowest BCUT2D eigenvalue weighted by atomic mass is 10.1. The second kappa shape index (κ2) is 3.87. The molecule has 0 amide bonds. The van der Waals surface area contributed by atoms with Crippen LogP contribution in [0.15, 0.2) is 18.2 Å². The van der Waals surface area contributed by atoms with Crippen LogP contribution in [0, 0.1) is 17.1 Å². The highest BCUT2D eigenvalue weighted by molar-refractivity contribution is 5.31. The van der Waals surface area contributed by atoms with E-state index in [1.54, 1.807) is 0 Å². The molecule has 0 heterocycles. The van der Waals surface area contributed by atoms with E-state index in [0.29, 0.717) is 5.56 Å². The van der Waals surface area contributed by atoms with Crippen LogP contribution in [0.3, 0.4) is 0 Å². The van der Waals surface area contributed by atoms with E-state index < -0.39 is 17.6 Å². The van der Waals surface area contributed by atoms with Gasteiger partial charge in [0.1, 0.15) is 0 Å². The maximum Gasteiger partial charge on any atom is 0.164 e. The lowest BCUT2D eigenvalue weighted by molar-refractivity contribution is 0.431. The summed E-state index contributed by atoms with van der Waals surface area (Å²) >= 11 is 0. The number of nitrogens with zero attached hydrogens (tertiary/aromatic N) is 1. The number of phenolic OH excluding ortho intramolecular Hbond substituents is 1. The predicted molar refractivity (Wildman–Crippen MR) is 45.2 cm³/mol. The number of nitriles is 1. The second-order valence-corrected chi connectivity index (χ2v) is 2.68. The smallest absolute Gasteiger partial charge is 0.164 e. The van der Waals surface area contributed by atoms with E-state index in [1.807, 2.05) is 6.07 Å². The van der Waals surface area contributed by atoms with Gasteiger partial charge in [-0.1, -0.05) is 6.07 Å².